The van der Waals surface area contributed by atoms with E-state index < -0.39 is 20.0 Å². The van der Waals surface area contributed by atoms with Crippen molar-refractivity contribution >= 4 is 13.7 Å². The number of rotatable bonds is 67. The molecule has 0 spiro atoms. The Balaban J connectivity index is 4.04. The van der Waals surface area contributed by atoms with Crippen molar-refractivity contribution in [2.75, 3.05) is 40.9 Å². The number of nitrogens with one attached hydrogen (secondary N) is 1. The molecular formula is C71H142N2O6P+. The number of hydrogen-bond acceptors (Lipinski definition) is 5. The predicted molar refractivity (Wildman–Crippen MR) is 351 cm³/mol. The molecule has 0 aliphatic heterocycles. The van der Waals surface area contributed by atoms with Crippen LogP contribution in [0.15, 0.2) is 24.3 Å². The highest BCUT2D eigenvalue weighted by Gasteiger charge is 2.28. The van der Waals surface area contributed by atoms with Gasteiger partial charge in [-0.05, 0) is 32.1 Å². The number of likely N-dealkylation sites (N-methyl/N-ethyl adjacent to an activating group) is 1. The van der Waals surface area contributed by atoms with Crippen LogP contribution < -0.4 is 5.32 Å². The first-order chi connectivity index (χ1) is 39.0. The summed E-state index contributed by atoms with van der Waals surface area (Å²) in [5.41, 5.74) is 0. The zero-order valence-corrected chi connectivity index (χ0v) is 55.5. The summed E-state index contributed by atoms with van der Waals surface area (Å²) in [6, 6.07) is -0.862. The third-order valence-corrected chi connectivity index (χ3v) is 17.7. The molecule has 0 aliphatic rings. The molecule has 0 aromatic carbocycles. The Morgan fingerprint density at radius 1 is 0.412 bits per heavy atom. The van der Waals surface area contributed by atoms with Gasteiger partial charge in [0.05, 0.1) is 39.9 Å². The number of unbranched alkanes of at least 4 members (excludes halogenated alkanes) is 52. The number of carbonyl (C=O) groups is 1. The van der Waals surface area contributed by atoms with E-state index in [2.05, 4.69) is 31.3 Å². The molecule has 3 unspecified atom stereocenters. The highest BCUT2D eigenvalue weighted by atomic mass is 31.2. The van der Waals surface area contributed by atoms with Crippen LogP contribution in [0.25, 0.3) is 0 Å². The molecule has 9 heteroatoms. The van der Waals surface area contributed by atoms with Crippen LogP contribution in [0.2, 0.25) is 0 Å². The van der Waals surface area contributed by atoms with E-state index in [0.717, 1.165) is 38.5 Å². The van der Waals surface area contributed by atoms with E-state index in [1.807, 2.05) is 27.2 Å². The summed E-state index contributed by atoms with van der Waals surface area (Å²) in [7, 11) is 1.58. The van der Waals surface area contributed by atoms with Crippen molar-refractivity contribution in [3.63, 3.8) is 0 Å². The SMILES string of the molecule is CCCCCCCCCCCCCCCCCCCCCC/C=C/CC/C=C/C(O)C(COP(=O)(O)OCC[N+](C)(C)C)NC(=O)CCCCCCCCCCCCCCCCCCCCCCCCCCCCCCCCCC. The number of aliphatic hydroxyl groups excluding tert-OH is 1. The molecule has 476 valence electrons. The zero-order valence-electron chi connectivity index (χ0n) is 54.6. The van der Waals surface area contributed by atoms with E-state index in [4.69, 9.17) is 9.05 Å². The largest absolute Gasteiger partial charge is 0.472 e. The van der Waals surface area contributed by atoms with Crippen LogP contribution in [0.5, 0.6) is 0 Å². The summed E-state index contributed by atoms with van der Waals surface area (Å²) in [6.07, 6.45) is 82.0. The normalized spacial score (nSPS) is 13.7. The molecule has 0 saturated carbocycles. The maximum Gasteiger partial charge on any atom is 0.472 e. The Kier molecular flexibility index (Phi) is 61.7. The van der Waals surface area contributed by atoms with Gasteiger partial charge in [0.25, 0.3) is 0 Å². The summed E-state index contributed by atoms with van der Waals surface area (Å²) >= 11 is 0. The van der Waals surface area contributed by atoms with Gasteiger partial charge in [-0.2, -0.15) is 0 Å². The van der Waals surface area contributed by atoms with Crippen LogP contribution in [-0.2, 0) is 18.4 Å². The number of carbonyl (C=O) groups excluding carboxylic acids is 1. The molecule has 80 heavy (non-hydrogen) atoms. The molecule has 8 nitrogen and oxygen atoms in total. The number of phosphoric ester groups is 1. The Morgan fingerprint density at radius 2 is 0.688 bits per heavy atom. The maximum atomic E-state index is 13.0. The van der Waals surface area contributed by atoms with Crippen LogP contribution in [-0.4, -0.2) is 73.4 Å². The number of nitrogens with zero attached hydrogens (tertiary/aromatic N) is 1. The average Bonchev–Trinajstić information content (AvgIpc) is 3.42. The third-order valence-electron chi connectivity index (χ3n) is 16.7. The second kappa shape index (κ2) is 62.5. The number of allylic oxidation sites excluding steroid dienone is 3. The van der Waals surface area contributed by atoms with Gasteiger partial charge in [-0.3, -0.25) is 13.8 Å². The monoisotopic (exact) mass is 1150 g/mol. The molecule has 0 fully saturated rings. The van der Waals surface area contributed by atoms with E-state index in [9.17, 15) is 19.4 Å². The van der Waals surface area contributed by atoms with E-state index >= 15 is 0 Å². The second-order valence-electron chi connectivity index (χ2n) is 26.0. The van der Waals surface area contributed by atoms with Crippen LogP contribution in [0.3, 0.4) is 0 Å². The number of hydrogen-bond donors (Lipinski definition) is 3. The summed E-state index contributed by atoms with van der Waals surface area (Å²) in [4.78, 5) is 23.4. The third kappa shape index (κ3) is 64.5. The Bertz CT molecular complexity index is 1350. The quantitative estimate of drug-likeness (QED) is 0.0243. The molecule has 0 aromatic rings. The minimum atomic E-state index is -4.36. The van der Waals surface area contributed by atoms with Crippen LogP contribution in [0, 0.1) is 0 Å². The molecule has 0 saturated heterocycles. The van der Waals surface area contributed by atoms with E-state index in [1.54, 1.807) is 6.08 Å². The number of quaternary nitrogens is 1. The fraction of sp³-hybridized carbons (Fsp3) is 0.930. The fourth-order valence-electron chi connectivity index (χ4n) is 11.1. The lowest BCUT2D eigenvalue weighted by Crippen LogP contribution is -2.45. The standard InChI is InChI=1S/C71H141N2O6P/c1-6-8-10-12-14-16-18-20-22-24-26-28-30-32-34-35-36-37-38-39-41-43-45-47-49-51-53-55-57-59-61-63-65-71(75)72-69(68-79-80(76,77)78-67-66-73(3,4)5)70(74)64-62-60-58-56-54-52-50-48-46-44-42-40-33-31-29-27-25-23-21-19-17-15-13-11-9-7-2/h54,56,62,64,69-70,74H,6-53,55,57-61,63,65-68H2,1-5H3,(H-,72,75,76,77)/p+1/b56-54+,64-62+. The summed E-state index contributed by atoms with van der Waals surface area (Å²) < 4.78 is 23.8. The van der Waals surface area contributed by atoms with Crippen LogP contribution in [0.4, 0.5) is 0 Å². The number of phosphoric acid groups is 1. The van der Waals surface area contributed by atoms with E-state index in [1.165, 1.54) is 315 Å². The highest BCUT2D eigenvalue weighted by Crippen LogP contribution is 2.43. The lowest BCUT2D eigenvalue weighted by molar-refractivity contribution is -0.870. The number of aliphatic hydroxyl groups is 1. The summed E-state index contributed by atoms with van der Waals surface area (Å²) in [5.74, 6) is -0.177. The van der Waals surface area contributed by atoms with Gasteiger partial charge in [0.2, 0.25) is 5.91 Å². The Hall–Kier alpha value is -1.02. The van der Waals surface area contributed by atoms with Gasteiger partial charge in [0, 0.05) is 6.42 Å². The van der Waals surface area contributed by atoms with Crippen molar-refractivity contribution in [3.8, 4) is 0 Å². The first kappa shape index (κ1) is 79.0. The summed E-state index contributed by atoms with van der Waals surface area (Å²) in [5, 5.41) is 14.0. The minimum Gasteiger partial charge on any atom is -0.387 e. The van der Waals surface area contributed by atoms with Crippen molar-refractivity contribution in [3.05, 3.63) is 24.3 Å². The van der Waals surface area contributed by atoms with Crippen LogP contribution >= 0.6 is 7.82 Å². The number of amides is 1. The molecule has 3 N–H and O–H groups in total. The van der Waals surface area contributed by atoms with Crippen molar-refractivity contribution < 1.29 is 32.9 Å². The molecule has 0 heterocycles. The second-order valence-corrected chi connectivity index (χ2v) is 27.4. The van der Waals surface area contributed by atoms with Crippen LogP contribution in [0.1, 0.15) is 373 Å². The molecule has 0 aliphatic carbocycles. The molecule has 1 amide bonds. The highest BCUT2D eigenvalue weighted by molar-refractivity contribution is 7.47. The van der Waals surface area contributed by atoms with Gasteiger partial charge in [-0.15, -0.1) is 0 Å². The average molecular weight is 1150 g/mol. The Morgan fingerprint density at radius 3 is 1.00 bits per heavy atom. The lowest BCUT2D eigenvalue weighted by atomic mass is 10.0. The molecule has 3 atom stereocenters. The van der Waals surface area contributed by atoms with Gasteiger partial charge in [0.1, 0.15) is 13.2 Å². The van der Waals surface area contributed by atoms with Gasteiger partial charge in [0.15, 0.2) is 0 Å². The smallest absolute Gasteiger partial charge is 0.387 e. The van der Waals surface area contributed by atoms with Gasteiger partial charge >= 0.3 is 7.82 Å². The van der Waals surface area contributed by atoms with Crippen molar-refractivity contribution in [2.45, 2.75) is 386 Å². The first-order valence-corrected chi connectivity index (χ1v) is 37.2. The topological polar surface area (TPSA) is 105 Å². The predicted octanol–water partition coefficient (Wildman–Crippen LogP) is 22.7. The first-order valence-electron chi connectivity index (χ1n) is 35.7. The van der Waals surface area contributed by atoms with Crippen molar-refractivity contribution in [1.82, 2.24) is 5.32 Å². The van der Waals surface area contributed by atoms with Gasteiger partial charge in [-0.25, -0.2) is 4.57 Å². The van der Waals surface area contributed by atoms with Gasteiger partial charge in [-0.1, -0.05) is 359 Å². The molecule has 0 radical (unpaired) electrons. The van der Waals surface area contributed by atoms with Gasteiger partial charge < -0.3 is 19.8 Å². The zero-order chi connectivity index (χ0) is 58.4. The summed E-state index contributed by atoms with van der Waals surface area (Å²) in [6.45, 7) is 4.86. The molecule has 0 rings (SSSR count). The molecular weight excluding hydrogens is 1010 g/mol. The molecule has 0 bridgehead atoms. The van der Waals surface area contributed by atoms with E-state index in [0.29, 0.717) is 17.4 Å². The fourth-order valence-corrected chi connectivity index (χ4v) is 11.9. The maximum absolute atomic E-state index is 13.0. The Labute approximate surface area is 500 Å². The van der Waals surface area contributed by atoms with E-state index in [-0.39, 0.29) is 19.1 Å². The van der Waals surface area contributed by atoms with Crippen molar-refractivity contribution in [1.29, 1.82) is 0 Å². The minimum absolute atomic E-state index is 0.0591. The lowest BCUT2D eigenvalue weighted by Gasteiger charge is -2.25. The van der Waals surface area contributed by atoms with Crippen molar-refractivity contribution in [2.24, 2.45) is 0 Å². The molecule has 0 aromatic heterocycles.